The molecule has 0 radical (unpaired) electrons. The SMILES string of the molecule is CCCCCCCCCCOc1cc2c3cc(OCCCCCCCCCC)c(OCCCCCCCCCC)cc3c3cc(OCCCCCCOc4cccc5c4C(=O)c4ccccc4C5=O)c(OCCCCCCCCCC)cc3c2cc1OCCCCCCCCCC. The zero-order valence-electron chi connectivity index (χ0n) is 61.7. The summed E-state index contributed by atoms with van der Waals surface area (Å²) in [5.74, 6) is 4.90. The van der Waals surface area contributed by atoms with E-state index in [1.165, 1.54) is 193 Å². The number of fused-ring (bicyclic) bond motifs is 8. The Bertz CT molecular complexity index is 3100. The monoisotopic (exact) mass is 1330 g/mol. The van der Waals surface area contributed by atoms with E-state index in [4.69, 9.17) is 33.2 Å². The third-order valence-electron chi connectivity index (χ3n) is 19.9. The molecule has 536 valence electrons. The molecule has 1 aliphatic rings. The lowest BCUT2D eigenvalue weighted by atomic mass is 9.83. The summed E-state index contributed by atoms with van der Waals surface area (Å²) in [6.45, 7) is 15.6. The van der Waals surface area contributed by atoms with Crippen LogP contribution in [0.15, 0.2) is 78.9 Å². The first-order chi connectivity index (χ1) is 47.9. The summed E-state index contributed by atoms with van der Waals surface area (Å²) in [7, 11) is 0. The van der Waals surface area contributed by atoms with Crippen molar-refractivity contribution in [3.8, 4) is 40.2 Å². The maximum Gasteiger partial charge on any atom is 0.198 e. The van der Waals surface area contributed by atoms with Gasteiger partial charge in [0, 0.05) is 16.7 Å². The second kappa shape index (κ2) is 47.9. The fraction of sp³-hybridized carbons (Fsp3) is 0.636. The highest BCUT2D eigenvalue weighted by Gasteiger charge is 2.32. The van der Waals surface area contributed by atoms with Gasteiger partial charge in [0.25, 0.3) is 0 Å². The Morgan fingerprint density at radius 3 is 0.639 bits per heavy atom. The number of rotatable bonds is 59. The molecule has 0 aliphatic heterocycles. The lowest BCUT2D eigenvalue weighted by molar-refractivity contribution is 0.0975. The van der Waals surface area contributed by atoms with Crippen molar-refractivity contribution in [2.24, 2.45) is 0 Å². The number of ether oxygens (including phenoxy) is 7. The summed E-state index contributed by atoms with van der Waals surface area (Å²) in [5, 5.41) is 6.54. The normalized spacial score (nSPS) is 12.1. The predicted molar refractivity (Wildman–Crippen MR) is 409 cm³/mol. The average molecular weight is 1330 g/mol. The summed E-state index contributed by atoms with van der Waals surface area (Å²) < 4.78 is 47.9. The van der Waals surface area contributed by atoms with Crippen LogP contribution < -0.4 is 33.2 Å². The molecule has 0 saturated carbocycles. The van der Waals surface area contributed by atoms with Gasteiger partial charge in [0.15, 0.2) is 46.1 Å². The molecule has 0 N–H and O–H groups in total. The second-order valence-electron chi connectivity index (χ2n) is 28.1. The van der Waals surface area contributed by atoms with Crippen LogP contribution in [0.2, 0.25) is 0 Å². The van der Waals surface area contributed by atoms with E-state index in [2.05, 4.69) is 71.0 Å². The molecule has 9 heteroatoms. The van der Waals surface area contributed by atoms with Crippen molar-refractivity contribution in [2.75, 3.05) is 46.2 Å². The fourth-order valence-corrected chi connectivity index (χ4v) is 13.9. The van der Waals surface area contributed by atoms with Crippen molar-refractivity contribution in [3.63, 3.8) is 0 Å². The molecule has 0 amide bonds. The molecule has 0 saturated heterocycles. The van der Waals surface area contributed by atoms with E-state index in [0.29, 0.717) is 74.3 Å². The third-order valence-corrected chi connectivity index (χ3v) is 19.9. The predicted octanol–water partition coefficient (Wildman–Crippen LogP) is 26.5. The minimum Gasteiger partial charge on any atom is -0.493 e. The van der Waals surface area contributed by atoms with Crippen LogP contribution in [0.1, 0.15) is 349 Å². The van der Waals surface area contributed by atoms with Crippen LogP contribution in [0.4, 0.5) is 0 Å². The fourth-order valence-electron chi connectivity index (χ4n) is 13.9. The van der Waals surface area contributed by atoms with Gasteiger partial charge in [-0.25, -0.2) is 0 Å². The van der Waals surface area contributed by atoms with Crippen LogP contribution in [0.5, 0.6) is 40.2 Å². The van der Waals surface area contributed by atoms with E-state index in [9.17, 15) is 9.59 Å². The highest BCUT2D eigenvalue weighted by Crippen LogP contribution is 2.48. The Labute approximate surface area is 588 Å². The summed E-state index contributed by atoms with van der Waals surface area (Å²) in [6.07, 6.45) is 53.0. The molecule has 6 aromatic rings. The van der Waals surface area contributed by atoms with Crippen LogP contribution in [0.3, 0.4) is 0 Å². The van der Waals surface area contributed by atoms with Gasteiger partial charge in [-0.1, -0.05) is 296 Å². The summed E-state index contributed by atoms with van der Waals surface area (Å²) in [5.41, 5.74) is 1.66. The Morgan fingerprint density at radius 1 is 0.206 bits per heavy atom. The van der Waals surface area contributed by atoms with Gasteiger partial charge in [0.1, 0.15) is 5.75 Å². The van der Waals surface area contributed by atoms with Crippen molar-refractivity contribution >= 4 is 43.9 Å². The average Bonchev–Trinajstić information content (AvgIpc) is 0.741. The third kappa shape index (κ3) is 26.9. The van der Waals surface area contributed by atoms with Gasteiger partial charge < -0.3 is 33.2 Å². The lowest BCUT2D eigenvalue weighted by Crippen LogP contribution is -2.21. The maximum atomic E-state index is 13.7. The smallest absolute Gasteiger partial charge is 0.198 e. The number of benzene rings is 6. The molecule has 0 atom stereocenters. The van der Waals surface area contributed by atoms with Crippen molar-refractivity contribution in [3.05, 3.63) is 101 Å². The molecule has 97 heavy (non-hydrogen) atoms. The van der Waals surface area contributed by atoms with Crippen molar-refractivity contribution < 1.29 is 42.7 Å². The van der Waals surface area contributed by atoms with Crippen LogP contribution >= 0.6 is 0 Å². The van der Waals surface area contributed by atoms with Gasteiger partial charge in [0.05, 0.1) is 51.8 Å². The molecule has 9 nitrogen and oxygen atoms in total. The Balaban J connectivity index is 1.21. The van der Waals surface area contributed by atoms with E-state index < -0.39 is 0 Å². The van der Waals surface area contributed by atoms with Crippen molar-refractivity contribution in [2.45, 2.75) is 317 Å². The van der Waals surface area contributed by atoms with Crippen molar-refractivity contribution in [1.29, 1.82) is 0 Å². The van der Waals surface area contributed by atoms with Crippen molar-refractivity contribution in [1.82, 2.24) is 0 Å². The van der Waals surface area contributed by atoms with Crippen LogP contribution in [0.25, 0.3) is 32.3 Å². The Hall–Kier alpha value is -5.96. The molecular formula is C88H130O9. The number of hydrogen-bond donors (Lipinski definition) is 0. The van der Waals surface area contributed by atoms with Crippen LogP contribution in [-0.2, 0) is 0 Å². The Kier molecular flexibility index (Phi) is 38.7. The Morgan fingerprint density at radius 2 is 0.402 bits per heavy atom. The number of ketones is 2. The molecule has 0 spiro atoms. The highest BCUT2D eigenvalue weighted by molar-refractivity contribution is 6.29. The van der Waals surface area contributed by atoms with Crippen LogP contribution in [0, 0.1) is 0 Å². The van der Waals surface area contributed by atoms with Gasteiger partial charge in [-0.2, -0.15) is 0 Å². The lowest BCUT2D eigenvalue weighted by Gasteiger charge is -2.21. The number of unbranched alkanes of at least 4 members (excludes halogenated alkanes) is 38. The maximum absolute atomic E-state index is 13.7. The largest absolute Gasteiger partial charge is 0.493 e. The summed E-state index contributed by atoms with van der Waals surface area (Å²) in [4.78, 5) is 27.1. The van der Waals surface area contributed by atoms with E-state index in [1.54, 1.807) is 30.3 Å². The number of hydrogen-bond acceptors (Lipinski definition) is 9. The quantitative estimate of drug-likeness (QED) is 0.0273. The highest BCUT2D eigenvalue weighted by atomic mass is 16.5. The van der Waals surface area contributed by atoms with E-state index in [1.807, 2.05) is 12.1 Å². The van der Waals surface area contributed by atoms with E-state index in [0.717, 1.165) is 157 Å². The molecular weight excluding hydrogens is 1200 g/mol. The molecule has 7 rings (SSSR count). The molecule has 6 aromatic carbocycles. The first kappa shape index (κ1) is 78.4. The first-order valence-corrected chi connectivity index (χ1v) is 40.2. The van der Waals surface area contributed by atoms with Crippen LogP contribution in [-0.4, -0.2) is 57.8 Å². The molecule has 0 heterocycles. The van der Waals surface area contributed by atoms with Gasteiger partial charge >= 0.3 is 0 Å². The minimum atomic E-state index is -0.161. The first-order valence-electron chi connectivity index (χ1n) is 40.2. The van der Waals surface area contributed by atoms with E-state index >= 15 is 0 Å². The number of carbonyl (C=O) groups excluding carboxylic acids is 2. The molecule has 0 fully saturated rings. The standard InChI is InChI=1S/C88H130O9/c1-6-11-16-21-26-31-36-45-58-92-80-64-73-74-65-81(93-59-46-37-32-27-22-17-12-7-2)83(95-61-48-39-34-29-24-19-14-9-4)67-76(74)78-69-85(97-63-51-42-41-50-57-91-79-56-52-55-72-86(79)88(90)71-54-44-43-53-70(71)87(72)89)84(96-62-49-40-35-30-25-20-15-10-5)68-77(78)75(73)66-82(80)94-60-47-38-33-28-23-18-13-8-3/h43-44,52-56,64-69H,6-42,45-51,57-63H2,1-5H3. The van der Waals surface area contributed by atoms with Gasteiger partial charge in [-0.15, -0.1) is 0 Å². The summed E-state index contributed by atoms with van der Waals surface area (Å²) >= 11 is 0. The molecule has 0 unspecified atom stereocenters. The zero-order valence-corrected chi connectivity index (χ0v) is 61.7. The molecule has 0 aromatic heterocycles. The van der Waals surface area contributed by atoms with E-state index in [-0.39, 0.29) is 11.6 Å². The minimum absolute atomic E-state index is 0.136. The topological polar surface area (TPSA) is 98.8 Å². The molecule has 1 aliphatic carbocycles. The number of carbonyl (C=O) groups is 2. The van der Waals surface area contributed by atoms with Gasteiger partial charge in [-0.3, -0.25) is 9.59 Å². The second-order valence-corrected chi connectivity index (χ2v) is 28.1. The molecule has 0 bridgehead atoms. The van der Waals surface area contributed by atoms with Gasteiger partial charge in [-0.05, 0) is 133 Å². The summed E-state index contributed by atoms with van der Waals surface area (Å²) in [6, 6.07) is 26.0. The van der Waals surface area contributed by atoms with Gasteiger partial charge in [0.2, 0.25) is 0 Å². The zero-order chi connectivity index (χ0) is 68.2.